The van der Waals surface area contributed by atoms with Gasteiger partial charge in [-0.05, 0) is 41.7 Å². The lowest BCUT2D eigenvalue weighted by atomic mass is 9.96. The maximum absolute atomic E-state index is 13.4. The van der Waals surface area contributed by atoms with Gasteiger partial charge in [0, 0.05) is 11.1 Å². The molecule has 4 aromatic carbocycles. The van der Waals surface area contributed by atoms with Gasteiger partial charge in [-0.2, -0.15) is 9.61 Å². The van der Waals surface area contributed by atoms with Gasteiger partial charge in [-0.25, -0.2) is 9.48 Å². The van der Waals surface area contributed by atoms with Crippen molar-refractivity contribution in [2.24, 2.45) is 0 Å². The van der Waals surface area contributed by atoms with Crippen LogP contribution in [0.15, 0.2) is 114 Å². The Morgan fingerprint density at radius 3 is 1.86 bits per heavy atom. The summed E-state index contributed by atoms with van der Waals surface area (Å²) in [7, 11) is 0. The van der Waals surface area contributed by atoms with Crippen molar-refractivity contribution in [1.82, 2.24) is 19.4 Å². The lowest BCUT2D eigenvalue weighted by molar-refractivity contribution is 0.650. The highest BCUT2D eigenvalue weighted by Gasteiger charge is 2.19. The molecule has 5 heteroatoms. The normalized spacial score (nSPS) is 11.2. The predicted molar refractivity (Wildman–Crippen MR) is 149 cm³/mol. The summed E-state index contributed by atoms with van der Waals surface area (Å²) in [5, 5.41) is 9.32. The maximum atomic E-state index is 13.4. The second-order valence-corrected chi connectivity index (χ2v) is 9.40. The first-order valence-corrected chi connectivity index (χ1v) is 12.3. The van der Waals surface area contributed by atoms with E-state index in [0.29, 0.717) is 12.2 Å². The Kier molecular flexibility index (Phi) is 5.73. The summed E-state index contributed by atoms with van der Waals surface area (Å²) in [6.45, 7) is 4.50. The Balaban J connectivity index is 1.45. The molecule has 0 fully saturated rings. The average molecular weight is 483 g/mol. The third kappa shape index (κ3) is 4.36. The molecule has 0 saturated heterocycles. The van der Waals surface area contributed by atoms with E-state index in [1.165, 1.54) is 20.3 Å². The van der Waals surface area contributed by atoms with Gasteiger partial charge in [-0.3, -0.25) is 0 Å². The standard InChI is InChI=1S/C32H26N4O/c1-22-8-14-27(15-9-22)29-20-33-36-31(30(29)28-16-10-23(2)11-17-28)34-35(32(36)37)21-24-12-18-26(19-13-24)25-6-4-3-5-7-25/h3-20H,21H2,1-2H3. The van der Waals surface area contributed by atoms with E-state index < -0.39 is 0 Å². The summed E-state index contributed by atoms with van der Waals surface area (Å²) in [6.07, 6.45) is 1.77. The summed E-state index contributed by atoms with van der Waals surface area (Å²) in [6, 6.07) is 35.2. The molecular formula is C32H26N4O. The van der Waals surface area contributed by atoms with Crippen molar-refractivity contribution >= 4 is 5.65 Å². The van der Waals surface area contributed by atoms with Crippen LogP contribution in [0.25, 0.3) is 39.0 Å². The molecule has 0 aliphatic heterocycles. The van der Waals surface area contributed by atoms with Gasteiger partial charge in [0.2, 0.25) is 0 Å². The molecule has 37 heavy (non-hydrogen) atoms. The molecule has 0 N–H and O–H groups in total. The van der Waals surface area contributed by atoms with Crippen LogP contribution < -0.4 is 5.69 Å². The number of benzene rings is 4. The molecule has 6 aromatic rings. The minimum absolute atomic E-state index is 0.258. The van der Waals surface area contributed by atoms with Crippen molar-refractivity contribution in [3.63, 3.8) is 0 Å². The molecule has 0 unspecified atom stereocenters. The van der Waals surface area contributed by atoms with Gasteiger partial charge in [0.1, 0.15) is 0 Å². The fraction of sp³-hybridized carbons (Fsp3) is 0.0938. The van der Waals surface area contributed by atoms with Crippen LogP contribution in [0.1, 0.15) is 16.7 Å². The Morgan fingerprint density at radius 2 is 1.22 bits per heavy atom. The number of rotatable bonds is 5. The molecular weight excluding hydrogens is 456 g/mol. The monoisotopic (exact) mass is 482 g/mol. The molecule has 0 bridgehead atoms. The Morgan fingerprint density at radius 1 is 0.649 bits per heavy atom. The van der Waals surface area contributed by atoms with Gasteiger partial charge < -0.3 is 0 Å². The molecule has 2 aromatic heterocycles. The predicted octanol–water partition coefficient (Wildman–Crippen LogP) is 6.56. The van der Waals surface area contributed by atoms with E-state index in [1.54, 1.807) is 6.20 Å². The number of fused-ring (bicyclic) bond motifs is 1. The second kappa shape index (κ2) is 9.36. The Labute approximate surface area is 215 Å². The highest BCUT2D eigenvalue weighted by Crippen LogP contribution is 2.34. The van der Waals surface area contributed by atoms with Gasteiger partial charge in [0.15, 0.2) is 5.65 Å². The fourth-order valence-corrected chi connectivity index (χ4v) is 4.63. The van der Waals surface area contributed by atoms with E-state index in [-0.39, 0.29) is 5.69 Å². The van der Waals surface area contributed by atoms with Crippen LogP contribution in [-0.2, 0) is 6.54 Å². The van der Waals surface area contributed by atoms with Crippen LogP contribution in [-0.4, -0.2) is 19.4 Å². The van der Waals surface area contributed by atoms with Crippen molar-refractivity contribution < 1.29 is 0 Å². The SMILES string of the molecule is Cc1ccc(-c2cnn3c(=O)n(Cc4ccc(-c5ccccc5)cc4)nc3c2-c2ccc(C)cc2)cc1. The van der Waals surface area contributed by atoms with Crippen LogP contribution in [0, 0.1) is 13.8 Å². The summed E-state index contributed by atoms with van der Waals surface area (Å²) in [5.41, 5.74) is 9.83. The van der Waals surface area contributed by atoms with Crippen LogP contribution >= 0.6 is 0 Å². The third-order valence-electron chi connectivity index (χ3n) is 6.71. The van der Waals surface area contributed by atoms with E-state index in [9.17, 15) is 4.79 Å². The quantitative estimate of drug-likeness (QED) is 0.280. The molecule has 5 nitrogen and oxygen atoms in total. The molecule has 0 spiro atoms. The number of hydrogen-bond donors (Lipinski definition) is 0. The minimum Gasteiger partial charge on any atom is -0.244 e. The first-order valence-electron chi connectivity index (χ1n) is 12.3. The Bertz CT molecular complexity index is 1750. The number of aromatic nitrogens is 4. The van der Waals surface area contributed by atoms with Crippen molar-refractivity contribution in [3.05, 3.63) is 136 Å². The lowest BCUT2D eigenvalue weighted by Gasteiger charge is -2.11. The number of hydrogen-bond acceptors (Lipinski definition) is 3. The zero-order chi connectivity index (χ0) is 25.4. The van der Waals surface area contributed by atoms with Gasteiger partial charge >= 0.3 is 5.69 Å². The van der Waals surface area contributed by atoms with Gasteiger partial charge in [-0.15, -0.1) is 5.10 Å². The summed E-state index contributed by atoms with van der Waals surface area (Å²) >= 11 is 0. The molecule has 2 heterocycles. The van der Waals surface area contributed by atoms with Gasteiger partial charge in [-0.1, -0.05) is 114 Å². The average Bonchev–Trinajstić information content (AvgIpc) is 3.25. The fourth-order valence-electron chi connectivity index (χ4n) is 4.63. The summed E-state index contributed by atoms with van der Waals surface area (Å²) in [4.78, 5) is 13.4. The van der Waals surface area contributed by atoms with E-state index in [4.69, 9.17) is 5.10 Å². The van der Waals surface area contributed by atoms with Gasteiger partial charge in [0.25, 0.3) is 0 Å². The number of aryl methyl sites for hydroxylation is 2. The van der Waals surface area contributed by atoms with Crippen LogP contribution in [0.2, 0.25) is 0 Å². The zero-order valence-corrected chi connectivity index (χ0v) is 20.8. The first kappa shape index (κ1) is 22.7. The van der Waals surface area contributed by atoms with Gasteiger partial charge in [0.05, 0.1) is 12.7 Å². The van der Waals surface area contributed by atoms with Crippen molar-refractivity contribution in [3.8, 4) is 33.4 Å². The molecule has 0 saturated carbocycles. The summed E-state index contributed by atoms with van der Waals surface area (Å²) < 4.78 is 2.90. The molecule has 0 radical (unpaired) electrons. The lowest BCUT2D eigenvalue weighted by Crippen LogP contribution is -2.22. The minimum atomic E-state index is -0.258. The smallest absolute Gasteiger partial charge is 0.244 e. The maximum Gasteiger partial charge on any atom is 0.367 e. The van der Waals surface area contributed by atoms with Crippen LogP contribution in [0.3, 0.4) is 0 Å². The summed E-state index contributed by atoms with van der Waals surface area (Å²) in [5.74, 6) is 0. The molecule has 0 atom stereocenters. The van der Waals surface area contributed by atoms with Crippen LogP contribution in [0.4, 0.5) is 0 Å². The van der Waals surface area contributed by atoms with E-state index in [0.717, 1.165) is 38.9 Å². The molecule has 0 amide bonds. The zero-order valence-electron chi connectivity index (χ0n) is 20.8. The number of nitrogens with zero attached hydrogens (tertiary/aromatic N) is 4. The van der Waals surface area contributed by atoms with Crippen molar-refractivity contribution in [1.29, 1.82) is 0 Å². The van der Waals surface area contributed by atoms with E-state index in [1.807, 2.05) is 30.3 Å². The largest absolute Gasteiger partial charge is 0.367 e. The van der Waals surface area contributed by atoms with Crippen molar-refractivity contribution in [2.75, 3.05) is 0 Å². The third-order valence-corrected chi connectivity index (χ3v) is 6.71. The van der Waals surface area contributed by atoms with E-state index in [2.05, 4.69) is 91.7 Å². The van der Waals surface area contributed by atoms with Crippen LogP contribution in [0.5, 0.6) is 0 Å². The molecule has 180 valence electrons. The highest BCUT2D eigenvalue weighted by atomic mass is 16.2. The molecule has 0 aliphatic carbocycles. The molecule has 6 rings (SSSR count). The van der Waals surface area contributed by atoms with E-state index >= 15 is 0 Å². The topological polar surface area (TPSA) is 52.2 Å². The van der Waals surface area contributed by atoms with Crippen molar-refractivity contribution in [2.45, 2.75) is 20.4 Å². The molecule has 0 aliphatic rings. The second-order valence-electron chi connectivity index (χ2n) is 9.40. The Hall–Kier alpha value is -4.77. The first-order chi connectivity index (χ1) is 18.1. The highest BCUT2D eigenvalue weighted by molar-refractivity contribution is 5.91.